The van der Waals surface area contributed by atoms with Gasteiger partial charge in [0.1, 0.15) is 11.9 Å². The van der Waals surface area contributed by atoms with Gasteiger partial charge in [-0.1, -0.05) is 79.6 Å². The Bertz CT molecular complexity index is 1380. The van der Waals surface area contributed by atoms with Gasteiger partial charge in [-0.25, -0.2) is 12.8 Å². The minimum Gasteiger partial charge on any atom is -0.354 e. The van der Waals surface area contributed by atoms with E-state index in [-0.39, 0.29) is 44.2 Å². The number of hydrogen-bond acceptors (Lipinski definition) is 4. The lowest BCUT2D eigenvalue weighted by atomic mass is 10.0. The number of anilines is 1. The summed E-state index contributed by atoms with van der Waals surface area (Å²) in [5.41, 5.74) is 2.70. The number of benzene rings is 3. The second-order valence-electron chi connectivity index (χ2n) is 10.2. The first-order chi connectivity index (χ1) is 19.6. The van der Waals surface area contributed by atoms with E-state index in [1.54, 1.807) is 30.3 Å². The number of hydrogen-bond donors (Lipinski definition) is 1. The zero-order valence-corrected chi connectivity index (χ0v) is 24.9. The van der Waals surface area contributed by atoms with Crippen molar-refractivity contribution >= 4 is 27.5 Å². The average Bonchev–Trinajstić information content (AvgIpc) is 2.94. The van der Waals surface area contributed by atoms with E-state index in [2.05, 4.69) is 5.32 Å². The maximum absolute atomic E-state index is 14.7. The maximum atomic E-state index is 14.7. The van der Waals surface area contributed by atoms with Crippen molar-refractivity contribution in [2.45, 2.75) is 58.5 Å². The van der Waals surface area contributed by atoms with Crippen molar-refractivity contribution < 1.29 is 22.4 Å². The van der Waals surface area contributed by atoms with Gasteiger partial charge in [0.2, 0.25) is 21.8 Å². The number of sulfonamides is 1. The van der Waals surface area contributed by atoms with E-state index in [0.717, 1.165) is 30.2 Å². The van der Waals surface area contributed by atoms with E-state index in [4.69, 9.17) is 0 Å². The highest BCUT2D eigenvalue weighted by Gasteiger charge is 2.31. The van der Waals surface area contributed by atoms with Gasteiger partial charge in [0.05, 0.1) is 11.9 Å². The fraction of sp³-hybridized carbons (Fsp3) is 0.375. The lowest BCUT2D eigenvalue weighted by molar-refractivity contribution is -0.141. The normalized spacial score (nSPS) is 12.0. The van der Waals surface area contributed by atoms with Gasteiger partial charge in [0.25, 0.3) is 0 Å². The van der Waals surface area contributed by atoms with Crippen molar-refractivity contribution in [2.75, 3.05) is 23.7 Å². The highest BCUT2D eigenvalue weighted by Crippen LogP contribution is 2.21. The van der Waals surface area contributed by atoms with Crippen LogP contribution < -0.4 is 9.62 Å². The van der Waals surface area contributed by atoms with Crippen molar-refractivity contribution in [1.82, 2.24) is 10.2 Å². The Balaban J connectivity index is 1.87. The van der Waals surface area contributed by atoms with Gasteiger partial charge in [-0.2, -0.15) is 0 Å². The number of nitrogens with zero attached hydrogens (tertiary/aromatic N) is 2. The minimum absolute atomic E-state index is 0.0140. The first kappa shape index (κ1) is 31.8. The van der Waals surface area contributed by atoms with E-state index in [1.807, 2.05) is 56.3 Å². The lowest BCUT2D eigenvalue weighted by Gasteiger charge is -2.32. The summed E-state index contributed by atoms with van der Waals surface area (Å²) >= 11 is 0. The second kappa shape index (κ2) is 15.3. The lowest BCUT2D eigenvalue weighted by Crippen LogP contribution is -2.50. The molecule has 0 unspecified atom stereocenters. The molecule has 0 aromatic heterocycles. The zero-order valence-electron chi connectivity index (χ0n) is 24.1. The van der Waals surface area contributed by atoms with E-state index in [1.165, 1.54) is 15.3 Å². The van der Waals surface area contributed by atoms with Crippen LogP contribution in [0.2, 0.25) is 0 Å². The Morgan fingerprint density at radius 2 is 1.59 bits per heavy atom. The van der Waals surface area contributed by atoms with Gasteiger partial charge in [0, 0.05) is 38.0 Å². The molecule has 0 heterocycles. The second-order valence-corrected chi connectivity index (χ2v) is 12.1. The maximum Gasteiger partial charge on any atom is 0.243 e. The molecule has 0 aliphatic heterocycles. The summed E-state index contributed by atoms with van der Waals surface area (Å²) < 4.78 is 41.2. The molecule has 9 heteroatoms. The van der Waals surface area contributed by atoms with Gasteiger partial charge in [-0.15, -0.1) is 0 Å². The third kappa shape index (κ3) is 9.70. The Kier molecular flexibility index (Phi) is 11.9. The SMILES string of the molecule is CCCCNC(=O)[C@H](Cc1ccccc1)N(Cc1ccccc1F)C(=O)CCCN(c1ccc(C)cc1)S(C)(=O)=O. The summed E-state index contributed by atoms with van der Waals surface area (Å²) in [6.45, 7) is 4.42. The zero-order chi connectivity index (χ0) is 29.8. The summed E-state index contributed by atoms with van der Waals surface area (Å²) in [5.74, 6) is -1.11. The summed E-state index contributed by atoms with van der Waals surface area (Å²) in [4.78, 5) is 28.7. The predicted octanol–water partition coefficient (Wildman–Crippen LogP) is 5.24. The van der Waals surface area contributed by atoms with E-state index in [0.29, 0.717) is 17.8 Å². The number of aryl methyl sites for hydroxylation is 1. The van der Waals surface area contributed by atoms with Gasteiger partial charge in [0.15, 0.2) is 0 Å². The fourth-order valence-corrected chi connectivity index (χ4v) is 5.55. The number of nitrogens with one attached hydrogen (secondary N) is 1. The van der Waals surface area contributed by atoms with Crippen LogP contribution in [0.15, 0.2) is 78.9 Å². The highest BCUT2D eigenvalue weighted by molar-refractivity contribution is 7.92. The molecule has 3 aromatic rings. The molecule has 0 fully saturated rings. The molecule has 0 aliphatic rings. The van der Waals surface area contributed by atoms with Gasteiger partial charge < -0.3 is 10.2 Å². The largest absolute Gasteiger partial charge is 0.354 e. The monoisotopic (exact) mass is 581 g/mol. The highest BCUT2D eigenvalue weighted by atomic mass is 32.2. The molecule has 0 saturated carbocycles. The Morgan fingerprint density at radius 1 is 0.927 bits per heavy atom. The minimum atomic E-state index is -3.59. The molecule has 1 N–H and O–H groups in total. The predicted molar refractivity (Wildman–Crippen MR) is 161 cm³/mol. The van der Waals surface area contributed by atoms with Crippen LogP contribution in [0, 0.1) is 12.7 Å². The molecular formula is C32H40FN3O4S. The molecule has 2 amide bonds. The van der Waals surface area contributed by atoms with E-state index >= 15 is 0 Å². The number of halogens is 1. The van der Waals surface area contributed by atoms with Crippen LogP contribution in [-0.4, -0.2) is 50.5 Å². The van der Waals surface area contributed by atoms with Crippen LogP contribution in [0.3, 0.4) is 0 Å². The standard InChI is InChI=1S/C32H40FN3O4S/c1-4-5-21-34-32(38)30(23-26-12-7-6-8-13-26)35(24-27-14-9-10-15-29(27)33)31(37)16-11-22-36(41(3,39)40)28-19-17-25(2)18-20-28/h6-10,12-15,17-20,30H,4-5,11,16,21-24H2,1-3H3,(H,34,38)/t30-/m0/s1. The quantitative estimate of drug-likeness (QED) is 0.249. The average molecular weight is 582 g/mol. The molecule has 3 rings (SSSR count). The molecular weight excluding hydrogens is 541 g/mol. The number of carbonyl (C=O) groups excluding carboxylic acids is 2. The molecule has 41 heavy (non-hydrogen) atoms. The Morgan fingerprint density at radius 3 is 2.22 bits per heavy atom. The van der Waals surface area contributed by atoms with Crippen LogP contribution in [-0.2, 0) is 32.6 Å². The molecule has 7 nitrogen and oxygen atoms in total. The molecule has 3 aromatic carbocycles. The number of unbranched alkanes of at least 4 members (excludes halogenated alkanes) is 1. The fourth-order valence-electron chi connectivity index (χ4n) is 4.59. The summed E-state index contributed by atoms with van der Waals surface area (Å²) in [6, 6.07) is 21.9. The Labute approximate surface area is 243 Å². The molecule has 220 valence electrons. The van der Waals surface area contributed by atoms with Crippen molar-refractivity contribution in [3.63, 3.8) is 0 Å². The van der Waals surface area contributed by atoms with E-state index in [9.17, 15) is 22.4 Å². The first-order valence-corrected chi connectivity index (χ1v) is 15.8. The van der Waals surface area contributed by atoms with Crippen LogP contribution >= 0.6 is 0 Å². The van der Waals surface area contributed by atoms with Crippen LogP contribution in [0.5, 0.6) is 0 Å². The molecule has 0 saturated heterocycles. The molecule has 0 bridgehead atoms. The third-order valence-corrected chi connectivity index (χ3v) is 8.07. The van der Waals surface area contributed by atoms with Crippen molar-refractivity contribution in [3.05, 3.63) is 101 Å². The van der Waals surface area contributed by atoms with Crippen LogP contribution in [0.4, 0.5) is 10.1 Å². The third-order valence-electron chi connectivity index (χ3n) is 6.87. The topological polar surface area (TPSA) is 86.8 Å². The molecule has 0 radical (unpaired) electrons. The van der Waals surface area contributed by atoms with Gasteiger partial charge >= 0.3 is 0 Å². The van der Waals surface area contributed by atoms with Crippen molar-refractivity contribution in [2.24, 2.45) is 0 Å². The van der Waals surface area contributed by atoms with Crippen LogP contribution in [0.25, 0.3) is 0 Å². The van der Waals surface area contributed by atoms with Gasteiger partial charge in [-0.05, 0) is 43.5 Å². The van der Waals surface area contributed by atoms with Crippen molar-refractivity contribution in [1.29, 1.82) is 0 Å². The smallest absolute Gasteiger partial charge is 0.243 e. The van der Waals surface area contributed by atoms with E-state index < -0.39 is 21.9 Å². The number of rotatable bonds is 15. The first-order valence-electron chi connectivity index (χ1n) is 14.0. The Hall–Kier alpha value is -3.72. The molecule has 0 aliphatic carbocycles. The summed E-state index contributed by atoms with van der Waals surface area (Å²) in [5, 5.41) is 2.95. The van der Waals surface area contributed by atoms with Crippen molar-refractivity contribution in [3.8, 4) is 0 Å². The number of amides is 2. The molecule has 1 atom stereocenters. The summed E-state index contributed by atoms with van der Waals surface area (Å²) in [6.07, 6.45) is 3.31. The van der Waals surface area contributed by atoms with Gasteiger partial charge in [-0.3, -0.25) is 13.9 Å². The van der Waals surface area contributed by atoms with Crippen LogP contribution in [0.1, 0.15) is 49.3 Å². The summed E-state index contributed by atoms with van der Waals surface area (Å²) in [7, 11) is -3.59. The molecule has 0 spiro atoms. The number of carbonyl (C=O) groups is 2.